The number of fused-ring (bicyclic) bond motifs is 2. The molecule has 0 bridgehead atoms. The van der Waals surface area contributed by atoms with Gasteiger partial charge < -0.3 is 0 Å². The van der Waals surface area contributed by atoms with E-state index in [9.17, 15) is 4.79 Å². The molecule has 118 valence electrons. The van der Waals surface area contributed by atoms with Crippen LogP contribution in [0.2, 0.25) is 0 Å². The molecule has 1 amide bonds. The van der Waals surface area contributed by atoms with Crippen molar-refractivity contribution in [3.8, 4) is 0 Å². The summed E-state index contributed by atoms with van der Waals surface area (Å²) in [5, 5.41) is 7.65. The molecule has 3 heterocycles. The van der Waals surface area contributed by atoms with Crippen LogP contribution in [0.1, 0.15) is 40.2 Å². The lowest BCUT2D eigenvalue weighted by atomic mass is 9.93. The Morgan fingerprint density at radius 1 is 1.43 bits per heavy atom. The molecule has 0 saturated carbocycles. The van der Waals surface area contributed by atoms with E-state index in [4.69, 9.17) is 0 Å². The van der Waals surface area contributed by atoms with Crippen molar-refractivity contribution in [1.29, 1.82) is 0 Å². The molecule has 0 radical (unpaired) electrons. The fourth-order valence-corrected chi connectivity index (χ4v) is 3.92. The van der Waals surface area contributed by atoms with Crippen LogP contribution in [0.5, 0.6) is 0 Å². The number of rotatable bonds is 2. The summed E-state index contributed by atoms with van der Waals surface area (Å²) >= 11 is 1.55. The van der Waals surface area contributed by atoms with Crippen LogP contribution in [-0.4, -0.2) is 30.5 Å². The van der Waals surface area contributed by atoms with E-state index in [1.54, 1.807) is 22.0 Å². The first-order valence-corrected chi connectivity index (χ1v) is 8.40. The maximum absolute atomic E-state index is 12.4. The predicted octanol–water partition coefficient (Wildman–Crippen LogP) is 2.27. The summed E-state index contributed by atoms with van der Waals surface area (Å²) in [7, 11) is 0. The lowest BCUT2D eigenvalue weighted by Crippen LogP contribution is -2.14. The van der Waals surface area contributed by atoms with Gasteiger partial charge in [0.2, 0.25) is 5.82 Å². The van der Waals surface area contributed by atoms with Crippen molar-refractivity contribution < 1.29 is 4.79 Å². The first kappa shape index (κ1) is 14.3. The van der Waals surface area contributed by atoms with E-state index in [-0.39, 0.29) is 11.7 Å². The monoisotopic (exact) mass is 328 g/mol. The highest BCUT2D eigenvalue weighted by molar-refractivity contribution is 7.15. The van der Waals surface area contributed by atoms with Crippen molar-refractivity contribution in [2.45, 2.75) is 33.1 Å². The highest BCUT2D eigenvalue weighted by atomic mass is 32.1. The van der Waals surface area contributed by atoms with Gasteiger partial charge in [0, 0.05) is 16.8 Å². The molecule has 0 spiro atoms. The molecule has 7 nitrogen and oxygen atoms in total. The van der Waals surface area contributed by atoms with E-state index in [0.29, 0.717) is 16.8 Å². The van der Waals surface area contributed by atoms with Crippen LogP contribution < -0.4 is 5.32 Å². The number of aromatic nitrogens is 5. The summed E-state index contributed by atoms with van der Waals surface area (Å²) in [6, 6.07) is 1.82. The van der Waals surface area contributed by atoms with E-state index >= 15 is 0 Å². The van der Waals surface area contributed by atoms with Crippen molar-refractivity contribution in [1.82, 2.24) is 24.6 Å². The molecule has 1 N–H and O–H groups in total. The fourth-order valence-electron chi connectivity index (χ4n) is 2.75. The molecule has 8 heteroatoms. The summed E-state index contributed by atoms with van der Waals surface area (Å²) in [5.41, 5.74) is 1.99. The zero-order valence-electron chi connectivity index (χ0n) is 12.9. The van der Waals surface area contributed by atoms with E-state index in [1.165, 1.54) is 4.88 Å². The third-order valence-corrected chi connectivity index (χ3v) is 5.07. The minimum Gasteiger partial charge on any atom is -0.295 e. The van der Waals surface area contributed by atoms with Gasteiger partial charge in [-0.25, -0.2) is 14.5 Å². The van der Waals surface area contributed by atoms with Crippen molar-refractivity contribution in [3.63, 3.8) is 0 Å². The van der Waals surface area contributed by atoms with E-state index < -0.39 is 0 Å². The Kier molecular flexibility index (Phi) is 3.33. The molecule has 1 aliphatic carbocycles. The number of thiazole rings is 1. The molecule has 1 atom stereocenters. The summed E-state index contributed by atoms with van der Waals surface area (Å²) in [5.74, 6) is 0.852. The summed E-state index contributed by atoms with van der Waals surface area (Å²) in [4.78, 5) is 26.4. The Bertz CT molecular complexity index is 899. The number of nitrogens with one attached hydrogen (secondary N) is 1. The standard InChI is InChI=1S/C15H16N6OS/c1-8-3-4-10-11(7-8)23-15(17-10)19-13(22)12-18-14-16-6-5-9(2)21(14)20-12/h5-6,8H,3-4,7H2,1-2H3,(H,17,19,22)/t8-/m1/s1. The average Bonchev–Trinajstić information content (AvgIpc) is 3.11. The Hall–Kier alpha value is -2.35. The highest BCUT2D eigenvalue weighted by Gasteiger charge is 2.22. The van der Waals surface area contributed by atoms with Gasteiger partial charge in [-0.15, -0.1) is 16.4 Å². The van der Waals surface area contributed by atoms with Gasteiger partial charge >= 0.3 is 0 Å². The van der Waals surface area contributed by atoms with Gasteiger partial charge in [0.05, 0.1) is 5.69 Å². The van der Waals surface area contributed by atoms with Crippen LogP contribution >= 0.6 is 11.3 Å². The maximum Gasteiger partial charge on any atom is 0.297 e. The van der Waals surface area contributed by atoms with E-state index in [0.717, 1.165) is 30.7 Å². The van der Waals surface area contributed by atoms with E-state index in [1.807, 2.05) is 13.0 Å². The van der Waals surface area contributed by atoms with Crippen molar-refractivity contribution in [3.05, 3.63) is 34.4 Å². The third-order valence-electron chi connectivity index (χ3n) is 4.04. The SMILES string of the molecule is Cc1ccnc2nc(C(=O)Nc3nc4c(s3)C[C@H](C)CC4)nn12. The number of nitrogens with zero attached hydrogens (tertiary/aromatic N) is 5. The zero-order chi connectivity index (χ0) is 16.0. The van der Waals surface area contributed by atoms with Crippen molar-refractivity contribution >= 4 is 28.2 Å². The second kappa shape index (κ2) is 5.38. The lowest BCUT2D eigenvalue weighted by molar-refractivity contribution is 0.101. The largest absolute Gasteiger partial charge is 0.297 e. The Morgan fingerprint density at radius 3 is 3.13 bits per heavy atom. The topological polar surface area (TPSA) is 85.1 Å². The van der Waals surface area contributed by atoms with Gasteiger partial charge in [-0.05, 0) is 38.2 Å². The van der Waals surface area contributed by atoms with Crippen molar-refractivity contribution in [2.75, 3.05) is 5.32 Å². The Morgan fingerprint density at radius 2 is 2.30 bits per heavy atom. The Balaban J connectivity index is 1.58. The molecule has 0 aliphatic heterocycles. The molecule has 3 aromatic rings. The molecule has 3 aromatic heterocycles. The number of carbonyl (C=O) groups is 1. The van der Waals surface area contributed by atoms with Crippen LogP contribution in [-0.2, 0) is 12.8 Å². The molecular weight excluding hydrogens is 312 g/mol. The van der Waals surface area contributed by atoms with Crippen molar-refractivity contribution in [2.24, 2.45) is 5.92 Å². The van der Waals surface area contributed by atoms with Crippen LogP contribution in [0.4, 0.5) is 5.13 Å². The normalized spacial score (nSPS) is 17.2. The summed E-state index contributed by atoms with van der Waals surface area (Å²) in [6.07, 6.45) is 4.83. The van der Waals surface area contributed by atoms with Gasteiger partial charge in [-0.3, -0.25) is 10.1 Å². The third kappa shape index (κ3) is 2.59. The first-order chi connectivity index (χ1) is 11.1. The number of aryl methyl sites for hydroxylation is 2. The zero-order valence-corrected chi connectivity index (χ0v) is 13.7. The molecular formula is C15H16N6OS. The second-order valence-electron chi connectivity index (χ2n) is 5.92. The highest BCUT2D eigenvalue weighted by Crippen LogP contribution is 2.32. The average molecular weight is 328 g/mol. The number of hydrogen-bond donors (Lipinski definition) is 1. The first-order valence-electron chi connectivity index (χ1n) is 7.58. The smallest absolute Gasteiger partial charge is 0.295 e. The summed E-state index contributed by atoms with van der Waals surface area (Å²) < 4.78 is 1.56. The molecule has 0 aromatic carbocycles. The number of hydrogen-bond acceptors (Lipinski definition) is 6. The lowest BCUT2D eigenvalue weighted by Gasteiger charge is -2.15. The van der Waals surface area contributed by atoms with Crippen LogP contribution in [0.15, 0.2) is 12.3 Å². The predicted molar refractivity (Wildman–Crippen MR) is 86.8 cm³/mol. The van der Waals surface area contributed by atoms with Gasteiger partial charge in [-0.1, -0.05) is 6.92 Å². The number of anilines is 1. The quantitative estimate of drug-likeness (QED) is 0.780. The molecule has 0 unspecified atom stereocenters. The molecule has 0 saturated heterocycles. The maximum atomic E-state index is 12.4. The number of carbonyl (C=O) groups excluding carboxylic acids is 1. The van der Waals surface area contributed by atoms with Crippen LogP contribution in [0.25, 0.3) is 5.78 Å². The number of amides is 1. The minimum absolute atomic E-state index is 0.105. The molecule has 1 aliphatic rings. The fraction of sp³-hybridized carbons (Fsp3) is 0.400. The van der Waals surface area contributed by atoms with Gasteiger partial charge in [-0.2, -0.15) is 4.98 Å². The molecule has 4 rings (SSSR count). The van der Waals surface area contributed by atoms with Gasteiger partial charge in [0.15, 0.2) is 5.13 Å². The van der Waals surface area contributed by atoms with Crippen LogP contribution in [0, 0.1) is 12.8 Å². The second-order valence-corrected chi connectivity index (χ2v) is 7.01. The summed E-state index contributed by atoms with van der Waals surface area (Å²) in [6.45, 7) is 4.14. The van der Waals surface area contributed by atoms with Gasteiger partial charge in [0.25, 0.3) is 11.7 Å². The molecule has 0 fully saturated rings. The van der Waals surface area contributed by atoms with Gasteiger partial charge in [0.1, 0.15) is 0 Å². The Labute approximate surface area is 136 Å². The minimum atomic E-state index is -0.353. The van der Waals surface area contributed by atoms with E-state index in [2.05, 4.69) is 32.3 Å². The molecule has 23 heavy (non-hydrogen) atoms. The van der Waals surface area contributed by atoms with Crippen LogP contribution in [0.3, 0.4) is 0 Å².